The lowest BCUT2D eigenvalue weighted by Gasteiger charge is -2.02. The molecule has 0 saturated carbocycles. The number of hydrogen-bond donors (Lipinski definition) is 2. The third-order valence-electron chi connectivity index (χ3n) is 3.96. The van der Waals surface area contributed by atoms with Gasteiger partial charge < -0.3 is 5.11 Å². The topological polar surface area (TPSA) is 166 Å². The Labute approximate surface area is 168 Å². The minimum absolute atomic E-state index is 0.0214. The number of benzene rings is 2. The van der Waals surface area contributed by atoms with Crippen molar-refractivity contribution < 1.29 is 19.7 Å². The molecule has 12 nitrogen and oxygen atoms in total. The fraction of sp³-hybridized carbons (Fsp3) is 0.0556. The molecule has 1 amide bonds. The van der Waals surface area contributed by atoms with Gasteiger partial charge in [-0.3, -0.25) is 29.7 Å². The molecule has 0 radical (unpaired) electrons. The van der Waals surface area contributed by atoms with Crippen LogP contribution < -0.4 is 5.43 Å². The molecule has 152 valence electrons. The van der Waals surface area contributed by atoms with Gasteiger partial charge in [-0.2, -0.15) is 10.2 Å². The van der Waals surface area contributed by atoms with Crippen LogP contribution in [-0.2, 0) is 6.54 Å². The van der Waals surface area contributed by atoms with Crippen molar-refractivity contribution in [1.29, 1.82) is 0 Å². The van der Waals surface area contributed by atoms with E-state index in [2.05, 4.69) is 15.6 Å². The summed E-state index contributed by atoms with van der Waals surface area (Å²) in [6.45, 7) is 0.302. The van der Waals surface area contributed by atoms with Crippen molar-refractivity contribution >= 4 is 23.5 Å². The van der Waals surface area contributed by atoms with Gasteiger partial charge in [-0.25, -0.2) is 5.43 Å². The molecule has 1 heterocycles. The highest BCUT2D eigenvalue weighted by atomic mass is 16.6. The van der Waals surface area contributed by atoms with E-state index in [1.54, 1.807) is 18.3 Å². The molecule has 2 N–H and O–H groups in total. The van der Waals surface area contributed by atoms with Crippen molar-refractivity contribution in [3.8, 4) is 5.75 Å². The lowest BCUT2D eigenvalue weighted by atomic mass is 10.2. The van der Waals surface area contributed by atoms with Crippen molar-refractivity contribution in [2.75, 3.05) is 0 Å². The standard InChI is InChI=1S/C18H14N6O6/c25-17-6-5-15(24(29)30)9-13(17)10-19-20-18(26)16-7-8-22(21-16)11-12-1-3-14(4-2-12)23(27)28/h1-10,25H,11H2,(H,20,26)/b19-10-. The molecule has 0 spiro atoms. The lowest BCUT2D eigenvalue weighted by Crippen LogP contribution is -2.18. The Hall–Kier alpha value is -4.61. The van der Waals surface area contributed by atoms with E-state index in [-0.39, 0.29) is 28.4 Å². The minimum Gasteiger partial charge on any atom is -0.507 e. The number of aromatic nitrogens is 2. The van der Waals surface area contributed by atoms with E-state index in [0.717, 1.165) is 30.0 Å². The Morgan fingerprint density at radius 1 is 1.10 bits per heavy atom. The molecule has 0 aliphatic heterocycles. The normalized spacial score (nSPS) is 10.8. The summed E-state index contributed by atoms with van der Waals surface area (Å²) < 4.78 is 1.48. The van der Waals surface area contributed by atoms with Gasteiger partial charge in [-0.1, -0.05) is 12.1 Å². The summed E-state index contributed by atoms with van der Waals surface area (Å²) in [4.78, 5) is 32.5. The number of nitro benzene ring substituents is 2. The molecule has 0 atom stereocenters. The number of hydrazone groups is 1. The summed E-state index contributed by atoms with van der Waals surface area (Å²) in [6.07, 6.45) is 2.64. The Bertz CT molecular complexity index is 1140. The number of nitrogens with one attached hydrogen (secondary N) is 1. The first-order valence-corrected chi connectivity index (χ1v) is 8.41. The molecule has 0 bridgehead atoms. The van der Waals surface area contributed by atoms with Crippen LogP contribution in [0.5, 0.6) is 5.75 Å². The van der Waals surface area contributed by atoms with Crippen LogP contribution in [0.25, 0.3) is 0 Å². The van der Waals surface area contributed by atoms with Crippen molar-refractivity contribution in [2.24, 2.45) is 5.10 Å². The number of amides is 1. The highest BCUT2D eigenvalue weighted by Crippen LogP contribution is 2.21. The lowest BCUT2D eigenvalue weighted by molar-refractivity contribution is -0.385. The van der Waals surface area contributed by atoms with Gasteiger partial charge in [0, 0.05) is 36.0 Å². The first-order valence-electron chi connectivity index (χ1n) is 8.41. The third-order valence-corrected chi connectivity index (χ3v) is 3.96. The van der Waals surface area contributed by atoms with Gasteiger partial charge in [0.15, 0.2) is 5.69 Å². The number of nitrogens with zero attached hydrogens (tertiary/aromatic N) is 5. The fourth-order valence-corrected chi connectivity index (χ4v) is 2.46. The SMILES string of the molecule is O=C(N/N=C\c1cc([N+](=O)[O-])ccc1O)c1ccn(Cc2ccc([N+](=O)[O-])cc2)n1. The number of aromatic hydroxyl groups is 1. The van der Waals surface area contributed by atoms with Crippen LogP contribution in [-0.4, -0.2) is 36.9 Å². The second-order valence-corrected chi connectivity index (χ2v) is 6.02. The molecule has 0 saturated heterocycles. The van der Waals surface area contributed by atoms with Crippen LogP contribution in [0.1, 0.15) is 21.6 Å². The largest absolute Gasteiger partial charge is 0.507 e. The molecular weight excluding hydrogens is 396 g/mol. The van der Waals surface area contributed by atoms with Gasteiger partial charge in [0.25, 0.3) is 17.3 Å². The van der Waals surface area contributed by atoms with Gasteiger partial charge in [0.05, 0.1) is 22.6 Å². The predicted molar refractivity (Wildman–Crippen MR) is 104 cm³/mol. The van der Waals surface area contributed by atoms with E-state index >= 15 is 0 Å². The molecule has 0 unspecified atom stereocenters. The van der Waals surface area contributed by atoms with E-state index in [1.165, 1.54) is 22.9 Å². The van der Waals surface area contributed by atoms with E-state index in [1.807, 2.05) is 0 Å². The zero-order valence-corrected chi connectivity index (χ0v) is 15.2. The van der Waals surface area contributed by atoms with Crippen molar-refractivity contribution in [3.63, 3.8) is 0 Å². The number of phenolic OH excluding ortho intramolecular Hbond substituents is 1. The van der Waals surface area contributed by atoms with Crippen LogP contribution in [0, 0.1) is 20.2 Å². The minimum atomic E-state index is -0.626. The number of carbonyl (C=O) groups excluding carboxylic acids is 1. The summed E-state index contributed by atoms with van der Waals surface area (Å²) in [6, 6.07) is 10.8. The predicted octanol–water partition coefficient (Wildman–Crippen LogP) is 2.22. The molecule has 1 aromatic heterocycles. The quantitative estimate of drug-likeness (QED) is 0.342. The molecule has 12 heteroatoms. The zero-order chi connectivity index (χ0) is 21.7. The van der Waals surface area contributed by atoms with Crippen molar-refractivity contribution in [2.45, 2.75) is 6.54 Å². The summed E-state index contributed by atoms with van der Waals surface area (Å²) in [7, 11) is 0. The molecule has 0 aliphatic rings. The van der Waals surface area contributed by atoms with Gasteiger partial charge in [0.2, 0.25) is 0 Å². The Morgan fingerprint density at radius 3 is 2.43 bits per heavy atom. The second kappa shape index (κ2) is 8.60. The monoisotopic (exact) mass is 410 g/mol. The van der Waals surface area contributed by atoms with Crippen LogP contribution in [0.15, 0.2) is 59.8 Å². The van der Waals surface area contributed by atoms with E-state index < -0.39 is 15.8 Å². The maximum atomic E-state index is 12.1. The highest BCUT2D eigenvalue weighted by Gasteiger charge is 2.11. The number of rotatable bonds is 7. The molecule has 3 rings (SSSR count). The fourth-order valence-electron chi connectivity index (χ4n) is 2.46. The summed E-state index contributed by atoms with van der Waals surface area (Å²) in [5.74, 6) is -0.857. The molecular formula is C18H14N6O6. The maximum absolute atomic E-state index is 12.1. The van der Waals surface area contributed by atoms with Gasteiger partial charge >= 0.3 is 0 Å². The number of carbonyl (C=O) groups is 1. The van der Waals surface area contributed by atoms with Crippen LogP contribution in [0.4, 0.5) is 11.4 Å². The number of non-ortho nitro benzene ring substituents is 2. The van der Waals surface area contributed by atoms with Gasteiger partial charge in [0.1, 0.15) is 5.75 Å². The van der Waals surface area contributed by atoms with E-state index in [4.69, 9.17) is 0 Å². The summed E-state index contributed by atoms with van der Waals surface area (Å²) >= 11 is 0. The van der Waals surface area contributed by atoms with Gasteiger partial charge in [-0.05, 0) is 17.7 Å². The van der Waals surface area contributed by atoms with Crippen molar-refractivity contribution in [3.05, 3.63) is 91.8 Å². The van der Waals surface area contributed by atoms with Crippen LogP contribution in [0.3, 0.4) is 0 Å². The first-order chi connectivity index (χ1) is 14.3. The molecule has 3 aromatic rings. The third kappa shape index (κ3) is 4.81. The first kappa shape index (κ1) is 20.1. The second-order valence-electron chi connectivity index (χ2n) is 6.02. The summed E-state index contributed by atoms with van der Waals surface area (Å²) in [5, 5.41) is 39.0. The molecule has 0 aliphatic carbocycles. The molecule has 0 fully saturated rings. The van der Waals surface area contributed by atoms with E-state index in [9.17, 15) is 30.1 Å². The Kier molecular flexibility index (Phi) is 5.77. The average molecular weight is 410 g/mol. The number of nitro groups is 2. The molecule has 30 heavy (non-hydrogen) atoms. The Morgan fingerprint density at radius 2 is 1.77 bits per heavy atom. The van der Waals surface area contributed by atoms with Crippen LogP contribution >= 0.6 is 0 Å². The van der Waals surface area contributed by atoms with E-state index in [0.29, 0.717) is 6.54 Å². The van der Waals surface area contributed by atoms with Gasteiger partial charge in [-0.15, -0.1) is 0 Å². The Balaban J connectivity index is 1.62. The molecule has 2 aromatic carbocycles. The number of phenols is 1. The number of hydrogen-bond acceptors (Lipinski definition) is 8. The van der Waals surface area contributed by atoms with Crippen LogP contribution in [0.2, 0.25) is 0 Å². The maximum Gasteiger partial charge on any atom is 0.291 e. The average Bonchev–Trinajstić information content (AvgIpc) is 3.18. The van der Waals surface area contributed by atoms with Crippen molar-refractivity contribution in [1.82, 2.24) is 15.2 Å². The highest BCUT2D eigenvalue weighted by molar-refractivity contribution is 5.93. The zero-order valence-electron chi connectivity index (χ0n) is 15.2. The smallest absolute Gasteiger partial charge is 0.291 e. The summed E-state index contributed by atoms with van der Waals surface area (Å²) in [5.41, 5.74) is 2.86.